The number of carbonyl (C=O) groups excluding carboxylic acids is 2. The van der Waals surface area contributed by atoms with Gasteiger partial charge in [-0.3, -0.25) is 0 Å². The number of esters is 2. The summed E-state index contributed by atoms with van der Waals surface area (Å²) < 4.78 is 12.1. The lowest BCUT2D eigenvalue weighted by Crippen LogP contribution is -2.25. The first-order valence-corrected chi connectivity index (χ1v) is 15.9. The maximum Gasteiger partial charge on any atom is 0.340 e. The molecule has 6 nitrogen and oxygen atoms in total. The second-order valence-corrected chi connectivity index (χ2v) is 12.0. The van der Waals surface area contributed by atoms with Crippen LogP contribution in [0.1, 0.15) is 44.3 Å². The molecule has 0 saturated heterocycles. The van der Waals surface area contributed by atoms with E-state index in [2.05, 4.69) is 70.5 Å². The van der Waals surface area contributed by atoms with Crippen LogP contribution < -0.4 is 9.80 Å². The van der Waals surface area contributed by atoms with Gasteiger partial charge in [-0.25, -0.2) is 9.59 Å². The third kappa shape index (κ3) is 4.57. The van der Waals surface area contributed by atoms with Crippen molar-refractivity contribution in [2.75, 3.05) is 9.80 Å². The van der Waals surface area contributed by atoms with Crippen molar-refractivity contribution in [2.45, 2.75) is 12.5 Å². The highest BCUT2D eigenvalue weighted by Crippen LogP contribution is 2.45. The van der Waals surface area contributed by atoms with Gasteiger partial charge in [0.25, 0.3) is 0 Å². The minimum Gasteiger partial charge on any atom is -0.433 e. The van der Waals surface area contributed by atoms with Crippen molar-refractivity contribution in [2.24, 2.45) is 0 Å². The van der Waals surface area contributed by atoms with Crippen molar-refractivity contribution in [3.8, 4) is 0 Å². The van der Waals surface area contributed by atoms with E-state index in [4.69, 9.17) is 9.47 Å². The van der Waals surface area contributed by atoms with Crippen molar-refractivity contribution < 1.29 is 19.1 Å². The lowest BCUT2D eigenvalue weighted by Gasteiger charge is -2.33. The first-order valence-electron chi connectivity index (χ1n) is 15.9. The maximum absolute atomic E-state index is 13.0. The smallest absolute Gasteiger partial charge is 0.340 e. The van der Waals surface area contributed by atoms with E-state index in [1.165, 1.54) is 0 Å². The summed E-state index contributed by atoms with van der Waals surface area (Å²) in [6.07, 6.45) is -1.31. The summed E-state index contributed by atoms with van der Waals surface area (Å²) in [5.74, 6) is -0.690. The van der Waals surface area contributed by atoms with Gasteiger partial charge in [0.15, 0.2) is 0 Å². The van der Waals surface area contributed by atoms with Crippen molar-refractivity contribution in [1.82, 2.24) is 0 Å². The molecule has 2 heterocycles. The second-order valence-electron chi connectivity index (χ2n) is 12.0. The molecule has 0 amide bonds. The molecule has 9 rings (SSSR count). The van der Waals surface area contributed by atoms with E-state index in [9.17, 15) is 9.59 Å². The average molecular weight is 625 g/mol. The Bertz CT molecular complexity index is 2220. The lowest BCUT2D eigenvalue weighted by atomic mass is 10.0. The number of hydrogen-bond acceptors (Lipinski definition) is 6. The summed E-state index contributed by atoms with van der Waals surface area (Å²) in [5.41, 5.74) is 6.21. The van der Waals surface area contributed by atoms with Crippen LogP contribution in [0.25, 0.3) is 21.5 Å². The summed E-state index contributed by atoms with van der Waals surface area (Å²) in [5, 5.41) is 4.41. The molecule has 0 spiro atoms. The molecule has 48 heavy (non-hydrogen) atoms. The number of ether oxygens (including phenoxy) is 2. The molecule has 0 bridgehead atoms. The number of carbonyl (C=O) groups is 2. The molecule has 0 N–H and O–H groups in total. The van der Waals surface area contributed by atoms with Crippen molar-refractivity contribution in [3.63, 3.8) is 0 Å². The minimum atomic E-state index is -0.653. The Morgan fingerprint density at radius 3 is 1.17 bits per heavy atom. The SMILES string of the molecule is O=C1OC(N(c2ccc(N(c3ccc4ccccc4c3)C3OC(=O)c4ccccc43)cc2)c2ccc3ccccc3c2)c2ccccc21. The fourth-order valence-electron chi connectivity index (χ4n) is 6.90. The summed E-state index contributed by atoms with van der Waals surface area (Å²) in [7, 11) is 0. The van der Waals surface area contributed by atoms with Crippen molar-refractivity contribution in [1.29, 1.82) is 0 Å². The molecule has 0 aromatic heterocycles. The quantitative estimate of drug-likeness (QED) is 0.172. The Morgan fingerprint density at radius 2 is 0.729 bits per heavy atom. The van der Waals surface area contributed by atoms with E-state index in [0.29, 0.717) is 11.1 Å². The van der Waals surface area contributed by atoms with Crippen LogP contribution in [0.5, 0.6) is 0 Å². The Labute approximate surface area is 277 Å². The number of cyclic esters (lactones) is 2. The standard InChI is InChI=1S/C42H28N2O4/c45-41-37-15-7-5-13-35(37)39(47-41)43(33-19-17-27-9-1-3-11-29(27)25-33)31-21-23-32(24-22-31)44(34-20-18-28-10-2-4-12-30(28)26-34)40-36-14-6-8-16-38(36)42(46)48-40/h1-26,39-40H. The molecule has 0 saturated carbocycles. The van der Waals surface area contributed by atoms with Gasteiger partial charge in [-0.05, 0) is 82.2 Å². The van der Waals surface area contributed by atoms with Gasteiger partial charge < -0.3 is 19.3 Å². The van der Waals surface area contributed by atoms with Gasteiger partial charge >= 0.3 is 11.9 Å². The van der Waals surface area contributed by atoms with Crippen molar-refractivity contribution >= 4 is 56.2 Å². The number of hydrogen-bond donors (Lipinski definition) is 0. The van der Waals surface area contributed by atoms with Crippen LogP contribution in [0.3, 0.4) is 0 Å². The van der Waals surface area contributed by atoms with Gasteiger partial charge in [-0.1, -0.05) is 97.1 Å². The minimum absolute atomic E-state index is 0.345. The van der Waals surface area contributed by atoms with E-state index in [-0.39, 0.29) is 11.9 Å². The van der Waals surface area contributed by atoms with E-state index in [1.54, 1.807) is 0 Å². The topological polar surface area (TPSA) is 59.1 Å². The highest BCUT2D eigenvalue weighted by atomic mass is 16.6. The number of rotatable bonds is 6. The molecule has 2 atom stereocenters. The molecule has 2 aliphatic heterocycles. The Kier molecular flexibility index (Phi) is 6.47. The second kappa shape index (κ2) is 11.1. The predicted molar refractivity (Wildman–Crippen MR) is 188 cm³/mol. The molecule has 7 aromatic carbocycles. The van der Waals surface area contributed by atoms with E-state index >= 15 is 0 Å². The van der Waals surface area contributed by atoms with Crippen LogP contribution in [0.4, 0.5) is 22.7 Å². The van der Waals surface area contributed by atoms with Crippen LogP contribution in [0.2, 0.25) is 0 Å². The Balaban J connectivity index is 1.18. The van der Waals surface area contributed by atoms with Gasteiger partial charge in [-0.15, -0.1) is 0 Å². The monoisotopic (exact) mass is 624 g/mol. The molecule has 7 aromatic rings. The molecule has 0 aliphatic carbocycles. The van der Waals surface area contributed by atoms with Crippen molar-refractivity contribution in [3.05, 3.63) is 180 Å². The van der Waals surface area contributed by atoms with Gasteiger partial charge in [0.1, 0.15) is 0 Å². The van der Waals surface area contributed by atoms with Crippen LogP contribution in [0.15, 0.2) is 158 Å². The number of benzene rings is 7. The summed E-state index contributed by atoms with van der Waals surface area (Å²) in [6, 6.07) is 52.1. The molecule has 2 aliphatic rings. The third-order valence-electron chi connectivity index (χ3n) is 9.23. The largest absolute Gasteiger partial charge is 0.433 e. The van der Waals surface area contributed by atoms with E-state index in [1.807, 2.05) is 97.1 Å². The van der Waals surface area contributed by atoms with Crippen LogP contribution in [0, 0.1) is 0 Å². The molecule has 2 unspecified atom stereocenters. The molecule has 0 radical (unpaired) electrons. The summed E-state index contributed by atoms with van der Waals surface area (Å²) >= 11 is 0. The number of fused-ring (bicyclic) bond motifs is 4. The van der Waals surface area contributed by atoms with E-state index < -0.39 is 12.5 Å². The summed E-state index contributed by atoms with van der Waals surface area (Å²) in [6.45, 7) is 0. The molecule has 230 valence electrons. The first kappa shape index (κ1) is 27.9. The molecule has 6 heteroatoms. The average Bonchev–Trinajstić information content (AvgIpc) is 3.65. The molecular weight excluding hydrogens is 596 g/mol. The number of nitrogens with zero attached hydrogens (tertiary/aromatic N) is 2. The Hall–Kier alpha value is -6.40. The first-order chi connectivity index (χ1) is 23.6. The third-order valence-corrected chi connectivity index (χ3v) is 9.23. The Morgan fingerprint density at radius 1 is 0.375 bits per heavy atom. The molecular formula is C42H28N2O4. The van der Waals surface area contributed by atoms with Gasteiger partial charge in [-0.2, -0.15) is 0 Å². The lowest BCUT2D eigenvalue weighted by molar-refractivity contribution is 0.0388. The summed E-state index contributed by atoms with van der Waals surface area (Å²) in [4.78, 5) is 30.2. The van der Waals surface area contributed by atoms with Gasteiger partial charge in [0.2, 0.25) is 12.5 Å². The fourth-order valence-corrected chi connectivity index (χ4v) is 6.90. The zero-order chi connectivity index (χ0) is 32.2. The normalized spacial score (nSPS) is 16.3. The fraction of sp³-hybridized carbons (Fsp3) is 0.0476. The number of anilines is 4. The highest BCUT2D eigenvalue weighted by Gasteiger charge is 2.38. The zero-order valence-electron chi connectivity index (χ0n) is 25.7. The van der Waals surface area contributed by atoms with Crippen LogP contribution >= 0.6 is 0 Å². The van der Waals surface area contributed by atoms with Crippen LogP contribution in [-0.4, -0.2) is 11.9 Å². The van der Waals surface area contributed by atoms with Gasteiger partial charge in [0.05, 0.1) is 11.1 Å². The van der Waals surface area contributed by atoms with Gasteiger partial charge in [0, 0.05) is 33.9 Å². The molecule has 0 fully saturated rings. The zero-order valence-corrected chi connectivity index (χ0v) is 25.7. The van der Waals surface area contributed by atoms with E-state index in [0.717, 1.165) is 55.4 Å². The predicted octanol–water partition coefficient (Wildman–Crippen LogP) is 10.0. The van der Waals surface area contributed by atoms with Crippen LogP contribution in [-0.2, 0) is 9.47 Å². The maximum atomic E-state index is 13.0. The highest BCUT2D eigenvalue weighted by molar-refractivity contribution is 5.96.